The van der Waals surface area contributed by atoms with Gasteiger partial charge in [0.2, 0.25) is 0 Å². The normalized spacial score (nSPS) is 11.0. The van der Waals surface area contributed by atoms with Gasteiger partial charge in [0.25, 0.3) is 10.0 Å². The first kappa shape index (κ1) is 14.2. The number of nitrogens with two attached hydrogens (primary N) is 1. The number of sulfonamides is 1. The zero-order valence-electron chi connectivity index (χ0n) is 9.73. The molecular formula is C10H14FN3O3S. The summed E-state index contributed by atoms with van der Waals surface area (Å²) in [5.41, 5.74) is 5.13. The van der Waals surface area contributed by atoms with Gasteiger partial charge in [-0.3, -0.25) is 0 Å². The van der Waals surface area contributed by atoms with Crippen LogP contribution >= 0.6 is 0 Å². The summed E-state index contributed by atoms with van der Waals surface area (Å²) in [5, 5.41) is 2.30. The van der Waals surface area contributed by atoms with Crippen molar-refractivity contribution in [2.24, 2.45) is 0 Å². The predicted molar refractivity (Wildman–Crippen MR) is 64.8 cm³/mol. The van der Waals surface area contributed by atoms with E-state index in [-0.39, 0.29) is 5.69 Å². The number of hydrogen-bond donors (Lipinski definition) is 3. The third-order valence-corrected chi connectivity index (χ3v) is 3.45. The Bertz CT molecular complexity index is 525. The van der Waals surface area contributed by atoms with Crippen LogP contribution in [0.3, 0.4) is 0 Å². The van der Waals surface area contributed by atoms with Crippen molar-refractivity contribution >= 4 is 21.7 Å². The summed E-state index contributed by atoms with van der Waals surface area (Å²) in [4.78, 5) is 10.5. The number of carbonyl (C=O) groups excluding carboxylic acids is 1. The largest absolute Gasteiger partial charge is 0.398 e. The van der Waals surface area contributed by atoms with Crippen LogP contribution in [-0.4, -0.2) is 21.0 Å². The third kappa shape index (κ3) is 3.33. The fourth-order valence-corrected chi connectivity index (χ4v) is 2.38. The summed E-state index contributed by atoms with van der Waals surface area (Å²) in [7, 11) is -4.31. The van der Waals surface area contributed by atoms with Crippen molar-refractivity contribution in [2.45, 2.75) is 18.2 Å². The molecule has 100 valence electrons. The highest BCUT2D eigenvalue weighted by Gasteiger charge is 2.24. The Morgan fingerprint density at radius 2 is 2.11 bits per heavy atom. The number of urea groups is 1. The lowest BCUT2D eigenvalue weighted by Crippen LogP contribution is -2.40. The molecule has 8 heteroatoms. The van der Waals surface area contributed by atoms with Gasteiger partial charge in [-0.15, -0.1) is 0 Å². The van der Waals surface area contributed by atoms with Crippen molar-refractivity contribution in [3.05, 3.63) is 24.0 Å². The second kappa shape index (κ2) is 5.67. The Balaban J connectivity index is 2.97. The molecule has 0 bridgehead atoms. The second-order valence-corrected chi connectivity index (χ2v) is 5.14. The van der Waals surface area contributed by atoms with Gasteiger partial charge in [0.1, 0.15) is 10.7 Å². The summed E-state index contributed by atoms with van der Waals surface area (Å²) in [5.74, 6) is -1.01. The molecule has 0 saturated heterocycles. The van der Waals surface area contributed by atoms with E-state index in [0.717, 1.165) is 6.07 Å². The van der Waals surface area contributed by atoms with Gasteiger partial charge in [0, 0.05) is 6.54 Å². The van der Waals surface area contributed by atoms with E-state index in [1.54, 1.807) is 4.72 Å². The van der Waals surface area contributed by atoms with Gasteiger partial charge in [-0.25, -0.2) is 22.3 Å². The minimum Gasteiger partial charge on any atom is -0.398 e. The fraction of sp³-hybridized carbons (Fsp3) is 0.300. The molecule has 1 aromatic carbocycles. The van der Waals surface area contributed by atoms with E-state index in [2.05, 4.69) is 5.32 Å². The van der Waals surface area contributed by atoms with E-state index in [9.17, 15) is 17.6 Å². The number of amides is 2. The number of nitrogen functional groups attached to an aromatic ring is 1. The maximum Gasteiger partial charge on any atom is 0.328 e. The third-order valence-electron chi connectivity index (χ3n) is 2.03. The molecule has 0 radical (unpaired) electrons. The highest BCUT2D eigenvalue weighted by atomic mass is 32.2. The Hall–Kier alpha value is -1.83. The first-order valence-corrected chi connectivity index (χ1v) is 6.71. The number of anilines is 1. The monoisotopic (exact) mass is 275 g/mol. The Labute approximate surface area is 104 Å². The molecule has 1 aromatic rings. The van der Waals surface area contributed by atoms with Crippen molar-refractivity contribution in [1.29, 1.82) is 0 Å². The van der Waals surface area contributed by atoms with Crippen LogP contribution in [0.25, 0.3) is 0 Å². The summed E-state index contributed by atoms with van der Waals surface area (Å²) in [6, 6.07) is 2.55. The molecule has 6 nitrogen and oxygen atoms in total. The Morgan fingerprint density at radius 3 is 2.67 bits per heavy atom. The lowest BCUT2D eigenvalue weighted by Gasteiger charge is -2.10. The first-order chi connectivity index (χ1) is 8.38. The number of benzene rings is 1. The van der Waals surface area contributed by atoms with Gasteiger partial charge in [-0.1, -0.05) is 13.0 Å². The first-order valence-electron chi connectivity index (χ1n) is 5.23. The van der Waals surface area contributed by atoms with Crippen molar-refractivity contribution in [2.75, 3.05) is 12.3 Å². The summed E-state index contributed by atoms with van der Waals surface area (Å²) in [6.07, 6.45) is 0.648. The van der Waals surface area contributed by atoms with E-state index in [1.807, 2.05) is 6.92 Å². The van der Waals surface area contributed by atoms with E-state index < -0.39 is 26.8 Å². The highest BCUT2D eigenvalue weighted by molar-refractivity contribution is 7.90. The molecule has 4 N–H and O–H groups in total. The van der Waals surface area contributed by atoms with E-state index >= 15 is 0 Å². The summed E-state index contributed by atoms with van der Waals surface area (Å²) < 4.78 is 38.6. The quantitative estimate of drug-likeness (QED) is 0.707. The van der Waals surface area contributed by atoms with Gasteiger partial charge >= 0.3 is 6.03 Å². The molecule has 0 saturated carbocycles. The SMILES string of the molecule is CCCNC(=O)NS(=O)(=O)c1c(N)cccc1F. The number of carbonyl (C=O) groups is 1. The molecule has 0 spiro atoms. The van der Waals surface area contributed by atoms with E-state index in [1.165, 1.54) is 12.1 Å². The smallest absolute Gasteiger partial charge is 0.328 e. The minimum atomic E-state index is -4.31. The second-order valence-electron chi connectivity index (χ2n) is 3.52. The lowest BCUT2D eigenvalue weighted by atomic mass is 10.3. The number of hydrogen-bond acceptors (Lipinski definition) is 4. The van der Waals surface area contributed by atoms with Crippen molar-refractivity contribution in [1.82, 2.24) is 10.0 Å². The molecule has 0 atom stereocenters. The molecule has 1 rings (SSSR count). The van der Waals surface area contributed by atoms with Gasteiger partial charge < -0.3 is 11.1 Å². The molecule has 0 fully saturated rings. The van der Waals surface area contributed by atoms with Crippen LogP contribution in [0.15, 0.2) is 23.1 Å². The van der Waals surface area contributed by atoms with Crippen LogP contribution in [-0.2, 0) is 10.0 Å². The summed E-state index contributed by atoms with van der Waals surface area (Å²) >= 11 is 0. The molecule has 0 unspecified atom stereocenters. The number of nitrogens with one attached hydrogen (secondary N) is 2. The molecule has 0 aromatic heterocycles. The van der Waals surface area contributed by atoms with Crippen LogP contribution in [0.2, 0.25) is 0 Å². The lowest BCUT2D eigenvalue weighted by molar-refractivity contribution is 0.246. The molecule has 0 aliphatic rings. The molecule has 0 heterocycles. The average molecular weight is 275 g/mol. The van der Waals surface area contributed by atoms with Crippen LogP contribution in [0, 0.1) is 5.82 Å². The molecule has 0 aliphatic carbocycles. The van der Waals surface area contributed by atoms with Gasteiger partial charge in [-0.05, 0) is 18.6 Å². The molecule has 2 amide bonds. The minimum absolute atomic E-state index is 0.259. The maximum atomic E-state index is 13.4. The van der Waals surface area contributed by atoms with Crippen molar-refractivity contribution in [3.8, 4) is 0 Å². The maximum absolute atomic E-state index is 13.4. The van der Waals surface area contributed by atoms with Crippen molar-refractivity contribution in [3.63, 3.8) is 0 Å². The van der Waals surface area contributed by atoms with E-state index in [4.69, 9.17) is 5.73 Å². The van der Waals surface area contributed by atoms with E-state index in [0.29, 0.717) is 13.0 Å². The van der Waals surface area contributed by atoms with Gasteiger partial charge in [0.15, 0.2) is 0 Å². The van der Waals surface area contributed by atoms with Gasteiger partial charge in [0.05, 0.1) is 5.69 Å². The molecule has 0 aliphatic heterocycles. The van der Waals surface area contributed by atoms with Crippen molar-refractivity contribution < 1.29 is 17.6 Å². The van der Waals surface area contributed by atoms with Crippen LogP contribution < -0.4 is 15.8 Å². The highest BCUT2D eigenvalue weighted by Crippen LogP contribution is 2.21. The van der Waals surface area contributed by atoms with Gasteiger partial charge in [-0.2, -0.15) is 0 Å². The Kier molecular flexibility index (Phi) is 4.49. The number of halogens is 1. The topological polar surface area (TPSA) is 101 Å². The zero-order valence-corrected chi connectivity index (χ0v) is 10.6. The van der Waals surface area contributed by atoms with Crippen LogP contribution in [0.1, 0.15) is 13.3 Å². The fourth-order valence-electron chi connectivity index (χ4n) is 1.26. The van der Waals surface area contributed by atoms with Crippen LogP contribution in [0.4, 0.5) is 14.9 Å². The predicted octanol–water partition coefficient (Wildman–Crippen LogP) is 0.806. The molecule has 18 heavy (non-hydrogen) atoms. The Morgan fingerprint density at radius 1 is 1.44 bits per heavy atom. The number of rotatable bonds is 4. The zero-order chi connectivity index (χ0) is 13.8. The van der Waals surface area contributed by atoms with Crippen LogP contribution in [0.5, 0.6) is 0 Å². The standard InChI is InChI=1S/C10H14FN3O3S/c1-2-6-13-10(15)14-18(16,17)9-7(11)4-3-5-8(9)12/h3-5H,2,6,12H2,1H3,(H2,13,14,15). The average Bonchev–Trinajstić information content (AvgIpc) is 2.25. The molecular weight excluding hydrogens is 261 g/mol. The summed E-state index contributed by atoms with van der Waals surface area (Å²) in [6.45, 7) is 2.12.